The van der Waals surface area contributed by atoms with Crippen LogP contribution in [-0.2, 0) is 0 Å². The molecular weight excluding hydrogens is 324 g/mol. The lowest BCUT2D eigenvalue weighted by molar-refractivity contribution is 0.667. The SMILES string of the molecule is Brc1cnc2c(c1)oc1ccc(Br)nc12. The predicted octanol–water partition coefficient (Wildman–Crippen LogP) is 3.90. The van der Waals surface area contributed by atoms with Gasteiger partial charge in [-0.05, 0) is 50.1 Å². The summed E-state index contributed by atoms with van der Waals surface area (Å²) in [5.74, 6) is 0. The third kappa shape index (κ3) is 1.46. The summed E-state index contributed by atoms with van der Waals surface area (Å²) in [5, 5.41) is 0. The molecule has 0 unspecified atom stereocenters. The molecule has 3 aromatic heterocycles. The molecule has 74 valence electrons. The predicted molar refractivity (Wildman–Crippen MR) is 64.7 cm³/mol. The van der Waals surface area contributed by atoms with Gasteiger partial charge in [-0.1, -0.05) is 0 Å². The first-order valence-corrected chi connectivity index (χ1v) is 5.83. The average Bonchev–Trinajstić information content (AvgIpc) is 2.54. The number of pyridine rings is 2. The van der Waals surface area contributed by atoms with Crippen LogP contribution >= 0.6 is 31.9 Å². The lowest BCUT2D eigenvalue weighted by Crippen LogP contribution is -1.78. The van der Waals surface area contributed by atoms with Gasteiger partial charge in [-0.3, -0.25) is 0 Å². The molecule has 5 heteroatoms. The molecule has 0 aliphatic rings. The Morgan fingerprint density at radius 2 is 1.93 bits per heavy atom. The summed E-state index contributed by atoms with van der Waals surface area (Å²) in [6, 6.07) is 5.61. The second-order valence-electron chi connectivity index (χ2n) is 3.08. The van der Waals surface area contributed by atoms with E-state index in [0.717, 1.165) is 31.3 Å². The van der Waals surface area contributed by atoms with E-state index in [-0.39, 0.29) is 0 Å². The van der Waals surface area contributed by atoms with Crippen LogP contribution in [0.5, 0.6) is 0 Å². The number of rotatable bonds is 0. The Bertz CT molecular complexity index is 663. The zero-order chi connectivity index (χ0) is 10.4. The zero-order valence-corrected chi connectivity index (χ0v) is 10.5. The normalized spacial score (nSPS) is 11.3. The van der Waals surface area contributed by atoms with Crippen molar-refractivity contribution >= 4 is 54.1 Å². The highest BCUT2D eigenvalue weighted by molar-refractivity contribution is 9.10. The van der Waals surface area contributed by atoms with Crippen molar-refractivity contribution in [2.24, 2.45) is 0 Å². The van der Waals surface area contributed by atoms with Crippen molar-refractivity contribution < 1.29 is 4.42 Å². The molecule has 3 heterocycles. The van der Waals surface area contributed by atoms with Gasteiger partial charge in [0.1, 0.15) is 15.6 Å². The van der Waals surface area contributed by atoms with E-state index in [2.05, 4.69) is 41.8 Å². The van der Waals surface area contributed by atoms with Gasteiger partial charge in [-0.25, -0.2) is 9.97 Å². The van der Waals surface area contributed by atoms with Crippen LogP contribution in [0.4, 0.5) is 0 Å². The van der Waals surface area contributed by atoms with Crippen molar-refractivity contribution in [1.82, 2.24) is 9.97 Å². The van der Waals surface area contributed by atoms with Gasteiger partial charge in [0, 0.05) is 10.7 Å². The first-order valence-electron chi connectivity index (χ1n) is 4.24. The number of aromatic nitrogens is 2. The van der Waals surface area contributed by atoms with Crippen LogP contribution < -0.4 is 0 Å². The maximum absolute atomic E-state index is 5.61. The molecule has 0 fully saturated rings. The maximum Gasteiger partial charge on any atom is 0.156 e. The minimum atomic E-state index is 0.741. The van der Waals surface area contributed by atoms with Crippen molar-refractivity contribution in [3.63, 3.8) is 0 Å². The highest BCUT2D eigenvalue weighted by Gasteiger charge is 2.09. The van der Waals surface area contributed by atoms with Crippen molar-refractivity contribution in [2.75, 3.05) is 0 Å². The third-order valence-corrected chi connectivity index (χ3v) is 2.96. The Balaban J connectivity index is 2.53. The van der Waals surface area contributed by atoms with Crippen LogP contribution in [0.3, 0.4) is 0 Å². The molecular formula is C10H4Br2N2O. The molecule has 0 aliphatic heterocycles. The van der Waals surface area contributed by atoms with Gasteiger partial charge in [0.05, 0.1) is 0 Å². The number of hydrogen-bond acceptors (Lipinski definition) is 3. The van der Waals surface area contributed by atoms with Gasteiger partial charge >= 0.3 is 0 Å². The molecule has 0 saturated carbocycles. The van der Waals surface area contributed by atoms with Crippen molar-refractivity contribution in [1.29, 1.82) is 0 Å². The van der Waals surface area contributed by atoms with E-state index >= 15 is 0 Å². The summed E-state index contributed by atoms with van der Waals surface area (Å²) < 4.78 is 7.29. The summed E-state index contributed by atoms with van der Waals surface area (Å²) in [5.41, 5.74) is 3.06. The van der Waals surface area contributed by atoms with E-state index < -0.39 is 0 Å². The number of fused-ring (bicyclic) bond motifs is 3. The van der Waals surface area contributed by atoms with Crippen LogP contribution in [0.1, 0.15) is 0 Å². The molecule has 0 radical (unpaired) electrons. The average molecular weight is 328 g/mol. The first-order chi connectivity index (χ1) is 7.24. The Hall–Kier alpha value is -0.940. The highest BCUT2D eigenvalue weighted by atomic mass is 79.9. The van der Waals surface area contributed by atoms with Crippen LogP contribution in [0.2, 0.25) is 0 Å². The minimum absolute atomic E-state index is 0.741. The fourth-order valence-electron chi connectivity index (χ4n) is 1.47. The fourth-order valence-corrected chi connectivity index (χ4v) is 2.09. The molecule has 3 rings (SSSR count). The molecule has 0 atom stereocenters. The second kappa shape index (κ2) is 3.28. The molecule has 0 aromatic carbocycles. The Kier molecular flexibility index (Phi) is 2.03. The number of furan rings is 1. The van der Waals surface area contributed by atoms with Gasteiger partial charge in [0.15, 0.2) is 11.2 Å². The molecule has 3 nitrogen and oxygen atoms in total. The largest absolute Gasteiger partial charge is 0.453 e. The molecule has 0 aliphatic carbocycles. The topological polar surface area (TPSA) is 38.9 Å². The summed E-state index contributed by atoms with van der Waals surface area (Å²) >= 11 is 6.68. The molecule has 0 saturated heterocycles. The van der Waals surface area contributed by atoms with Crippen molar-refractivity contribution in [3.05, 3.63) is 33.5 Å². The van der Waals surface area contributed by atoms with Gasteiger partial charge in [0.2, 0.25) is 0 Å². The van der Waals surface area contributed by atoms with Gasteiger partial charge in [0.25, 0.3) is 0 Å². The van der Waals surface area contributed by atoms with E-state index in [1.54, 1.807) is 6.20 Å². The van der Waals surface area contributed by atoms with Gasteiger partial charge in [-0.15, -0.1) is 0 Å². The first kappa shape index (κ1) is 9.30. The highest BCUT2D eigenvalue weighted by Crippen LogP contribution is 2.28. The quantitative estimate of drug-likeness (QED) is 0.588. The van der Waals surface area contributed by atoms with Crippen LogP contribution in [-0.4, -0.2) is 9.97 Å². The monoisotopic (exact) mass is 326 g/mol. The number of hydrogen-bond donors (Lipinski definition) is 0. The van der Waals surface area contributed by atoms with E-state index in [9.17, 15) is 0 Å². The van der Waals surface area contributed by atoms with E-state index in [1.807, 2.05) is 18.2 Å². The lowest BCUT2D eigenvalue weighted by Gasteiger charge is -1.89. The summed E-state index contributed by atoms with van der Waals surface area (Å²) in [4.78, 5) is 8.62. The number of halogens is 2. The Morgan fingerprint density at radius 1 is 1.07 bits per heavy atom. The Morgan fingerprint density at radius 3 is 2.80 bits per heavy atom. The standard InChI is InChI=1S/C10H4Br2N2O/c11-5-3-7-9(13-4-5)10-6(15-7)1-2-8(12)14-10/h1-4H. The van der Waals surface area contributed by atoms with Gasteiger partial charge < -0.3 is 4.42 Å². The zero-order valence-electron chi connectivity index (χ0n) is 7.37. The summed E-state index contributed by atoms with van der Waals surface area (Å²) in [6.07, 6.45) is 1.74. The van der Waals surface area contributed by atoms with E-state index in [0.29, 0.717) is 0 Å². The summed E-state index contributed by atoms with van der Waals surface area (Å²) in [6.45, 7) is 0. The van der Waals surface area contributed by atoms with Crippen LogP contribution in [0, 0.1) is 0 Å². The van der Waals surface area contributed by atoms with Crippen molar-refractivity contribution in [3.8, 4) is 0 Å². The third-order valence-electron chi connectivity index (χ3n) is 2.09. The summed E-state index contributed by atoms with van der Waals surface area (Å²) in [7, 11) is 0. The number of nitrogens with zero attached hydrogens (tertiary/aromatic N) is 2. The Labute approximate surface area is 102 Å². The van der Waals surface area contributed by atoms with Crippen LogP contribution in [0.15, 0.2) is 37.9 Å². The lowest BCUT2D eigenvalue weighted by atomic mass is 10.3. The fraction of sp³-hybridized carbons (Fsp3) is 0. The molecule has 0 spiro atoms. The van der Waals surface area contributed by atoms with Crippen molar-refractivity contribution in [2.45, 2.75) is 0 Å². The minimum Gasteiger partial charge on any atom is -0.453 e. The molecule has 0 amide bonds. The van der Waals surface area contributed by atoms with Gasteiger partial charge in [-0.2, -0.15) is 0 Å². The van der Waals surface area contributed by atoms with E-state index in [4.69, 9.17) is 4.42 Å². The molecule has 3 aromatic rings. The molecule has 0 N–H and O–H groups in total. The van der Waals surface area contributed by atoms with E-state index in [1.165, 1.54) is 0 Å². The molecule has 0 bridgehead atoms. The maximum atomic E-state index is 5.61. The second-order valence-corrected chi connectivity index (χ2v) is 4.81. The van der Waals surface area contributed by atoms with Crippen LogP contribution in [0.25, 0.3) is 22.2 Å². The smallest absolute Gasteiger partial charge is 0.156 e. The molecule has 15 heavy (non-hydrogen) atoms.